The summed E-state index contributed by atoms with van der Waals surface area (Å²) in [6, 6.07) is 0. The van der Waals surface area contributed by atoms with Crippen LogP contribution in [0.2, 0.25) is 29.8 Å². The highest BCUT2D eigenvalue weighted by Crippen LogP contribution is 2.38. The van der Waals surface area contributed by atoms with Gasteiger partial charge >= 0.3 is 0 Å². The molecule has 0 rings (SSSR count). The highest BCUT2D eigenvalue weighted by atomic mass is 28.4. The zero-order valence-corrected chi connectivity index (χ0v) is 22.8. The lowest BCUT2D eigenvalue weighted by atomic mass is 9.31. The molecule has 0 aliphatic heterocycles. The van der Waals surface area contributed by atoms with Crippen LogP contribution in [-0.2, 0) is 4.43 Å². The van der Waals surface area contributed by atoms with E-state index in [1.807, 2.05) is 0 Å². The van der Waals surface area contributed by atoms with Crippen LogP contribution in [0.3, 0.4) is 0 Å². The monoisotopic (exact) mass is 418 g/mol. The molecule has 29 heavy (non-hydrogen) atoms. The molecule has 0 fully saturated rings. The number of allylic oxidation sites excluding steroid dienone is 3. The van der Waals surface area contributed by atoms with E-state index in [1.165, 1.54) is 0 Å². The second-order valence-corrected chi connectivity index (χ2v) is 15.8. The van der Waals surface area contributed by atoms with Gasteiger partial charge in [-0.2, -0.15) is 0 Å². The van der Waals surface area contributed by atoms with Gasteiger partial charge < -0.3 is 4.43 Å². The molecule has 3 heteroatoms. The molecule has 1 nitrogen and oxygen atoms in total. The zero-order chi connectivity index (χ0) is 22.8. The van der Waals surface area contributed by atoms with Gasteiger partial charge in [0.1, 0.15) is 0 Å². The molecular formula is C26H51BOSi. The van der Waals surface area contributed by atoms with Gasteiger partial charge in [0.2, 0.25) is 0 Å². The summed E-state index contributed by atoms with van der Waals surface area (Å²) in [5.41, 5.74) is 0. The quantitative estimate of drug-likeness (QED) is 0.174. The summed E-state index contributed by atoms with van der Waals surface area (Å²) >= 11 is 0. The first-order valence-corrected chi connectivity index (χ1v) is 14.8. The molecule has 0 N–H and O–H groups in total. The molecule has 168 valence electrons. The molecule has 0 amide bonds. The van der Waals surface area contributed by atoms with Gasteiger partial charge in [-0.1, -0.05) is 123 Å². The van der Waals surface area contributed by atoms with E-state index < -0.39 is 8.32 Å². The normalized spacial score (nSPS) is 17.2. The molecule has 0 aromatic rings. The van der Waals surface area contributed by atoms with Gasteiger partial charge in [0, 0.05) is 0 Å². The third kappa shape index (κ3) is 10.4. The van der Waals surface area contributed by atoms with E-state index >= 15 is 0 Å². The Kier molecular flexibility index (Phi) is 12.8. The van der Waals surface area contributed by atoms with Crippen molar-refractivity contribution >= 4 is 15.0 Å². The van der Waals surface area contributed by atoms with Gasteiger partial charge in [0.05, 0.1) is 6.10 Å². The van der Waals surface area contributed by atoms with E-state index in [0.29, 0.717) is 30.2 Å². The van der Waals surface area contributed by atoms with Crippen molar-refractivity contribution in [2.75, 3.05) is 0 Å². The van der Waals surface area contributed by atoms with E-state index in [-0.39, 0.29) is 11.1 Å². The van der Waals surface area contributed by atoms with Crippen molar-refractivity contribution in [1.82, 2.24) is 0 Å². The van der Waals surface area contributed by atoms with Crippen molar-refractivity contribution in [3.8, 4) is 0 Å². The van der Waals surface area contributed by atoms with Gasteiger partial charge in [0.15, 0.2) is 15.0 Å². The Labute approximate surface area is 185 Å². The fourth-order valence-electron chi connectivity index (χ4n) is 3.22. The molecular weight excluding hydrogens is 367 g/mol. The molecule has 0 saturated heterocycles. The highest BCUT2D eigenvalue weighted by Gasteiger charge is 2.38. The Morgan fingerprint density at radius 1 is 0.862 bits per heavy atom. The first kappa shape index (κ1) is 28.5. The highest BCUT2D eigenvalue weighted by molar-refractivity contribution is 6.74. The first-order valence-electron chi connectivity index (χ1n) is 11.9. The van der Waals surface area contributed by atoms with Crippen LogP contribution in [0.15, 0.2) is 36.4 Å². The molecule has 0 radical (unpaired) electrons. The standard InChI is InChI=1S/C26H51BOSi/c1-13-14-15-18-25(28-29(11,12)26(8,9)10)19-16-17-20-27(23(6)21(2)3)24(7)22(4)5/h14-17,19-25H,13,18H2,1-12H3/b15-14-,19-16-,20-17+/t23?,24?,25-/m0/s1. The fraction of sp³-hybridized carbons (Fsp3) is 0.769. The molecule has 0 saturated carbocycles. The molecule has 0 aromatic carbocycles. The molecule has 0 spiro atoms. The maximum Gasteiger partial charge on any atom is 0.192 e. The van der Waals surface area contributed by atoms with Crippen LogP contribution < -0.4 is 0 Å². The first-order chi connectivity index (χ1) is 13.2. The Bertz CT molecular complexity index is 511. The number of rotatable bonds is 12. The van der Waals surface area contributed by atoms with Gasteiger partial charge in [-0.05, 0) is 31.0 Å². The summed E-state index contributed by atoms with van der Waals surface area (Å²) in [6.45, 7) is 28.6. The number of hydrogen-bond acceptors (Lipinski definition) is 1. The lowest BCUT2D eigenvalue weighted by molar-refractivity contribution is 0.228. The minimum atomic E-state index is -1.78. The van der Waals surface area contributed by atoms with Crippen LogP contribution in [0.5, 0.6) is 0 Å². The lowest BCUT2D eigenvalue weighted by Crippen LogP contribution is -2.43. The van der Waals surface area contributed by atoms with Crippen LogP contribution in [0, 0.1) is 11.8 Å². The van der Waals surface area contributed by atoms with E-state index in [1.54, 1.807) is 0 Å². The van der Waals surface area contributed by atoms with Crippen molar-refractivity contribution in [3.05, 3.63) is 36.4 Å². The Morgan fingerprint density at radius 3 is 1.79 bits per heavy atom. The van der Waals surface area contributed by atoms with Crippen molar-refractivity contribution < 1.29 is 4.43 Å². The summed E-state index contributed by atoms with van der Waals surface area (Å²) in [6.07, 6.45) is 13.5. The Balaban J connectivity index is 5.40. The molecule has 0 bridgehead atoms. The van der Waals surface area contributed by atoms with Crippen molar-refractivity contribution in [2.24, 2.45) is 11.8 Å². The predicted octanol–water partition coefficient (Wildman–Crippen LogP) is 8.97. The summed E-state index contributed by atoms with van der Waals surface area (Å²) in [7, 11) is -1.78. The van der Waals surface area contributed by atoms with Crippen LogP contribution in [0.1, 0.15) is 82.1 Å². The third-order valence-electron chi connectivity index (χ3n) is 7.11. The second kappa shape index (κ2) is 13.0. The largest absolute Gasteiger partial charge is 0.410 e. The SMILES string of the molecule is CC/C=C\C[C@@H](/C=C\C=C\B(C(C)C(C)C)C(C)C(C)C)O[Si](C)(C)C(C)(C)C. The fourth-order valence-corrected chi connectivity index (χ4v) is 4.50. The Morgan fingerprint density at radius 2 is 1.38 bits per heavy atom. The molecule has 0 heterocycles. The van der Waals surface area contributed by atoms with Crippen LogP contribution >= 0.6 is 0 Å². The Hall–Kier alpha value is -0.538. The predicted molar refractivity (Wildman–Crippen MR) is 139 cm³/mol. The summed E-state index contributed by atoms with van der Waals surface area (Å²) in [5.74, 6) is 5.21. The van der Waals surface area contributed by atoms with E-state index in [2.05, 4.69) is 119 Å². The van der Waals surface area contributed by atoms with Crippen LogP contribution in [0.4, 0.5) is 0 Å². The van der Waals surface area contributed by atoms with Crippen molar-refractivity contribution in [3.63, 3.8) is 0 Å². The van der Waals surface area contributed by atoms with Crippen LogP contribution in [0.25, 0.3) is 0 Å². The molecule has 0 aliphatic carbocycles. The maximum absolute atomic E-state index is 6.69. The topological polar surface area (TPSA) is 9.23 Å². The van der Waals surface area contributed by atoms with Gasteiger partial charge in [-0.25, -0.2) is 0 Å². The average molecular weight is 419 g/mol. The van der Waals surface area contributed by atoms with E-state index in [9.17, 15) is 0 Å². The molecule has 0 aromatic heterocycles. The lowest BCUT2D eigenvalue weighted by Gasteiger charge is -2.38. The van der Waals surface area contributed by atoms with Gasteiger partial charge in [-0.15, -0.1) is 5.98 Å². The minimum absolute atomic E-state index is 0.159. The average Bonchev–Trinajstić information content (AvgIpc) is 2.59. The van der Waals surface area contributed by atoms with Gasteiger partial charge in [0.25, 0.3) is 0 Å². The van der Waals surface area contributed by atoms with Gasteiger partial charge in [-0.3, -0.25) is 0 Å². The summed E-state index contributed by atoms with van der Waals surface area (Å²) in [5, 5.41) is 0.230. The minimum Gasteiger partial charge on any atom is -0.410 e. The summed E-state index contributed by atoms with van der Waals surface area (Å²) < 4.78 is 6.69. The van der Waals surface area contributed by atoms with E-state index in [0.717, 1.165) is 12.8 Å². The van der Waals surface area contributed by atoms with Crippen LogP contribution in [-0.4, -0.2) is 21.1 Å². The van der Waals surface area contributed by atoms with Crippen molar-refractivity contribution in [2.45, 2.75) is 118 Å². The smallest absolute Gasteiger partial charge is 0.192 e. The zero-order valence-electron chi connectivity index (χ0n) is 21.8. The third-order valence-corrected chi connectivity index (χ3v) is 11.6. The summed E-state index contributed by atoms with van der Waals surface area (Å²) in [4.78, 5) is 0. The molecule has 3 atom stereocenters. The molecule has 0 aliphatic rings. The second-order valence-electron chi connectivity index (χ2n) is 11.1. The van der Waals surface area contributed by atoms with E-state index in [4.69, 9.17) is 4.43 Å². The van der Waals surface area contributed by atoms with Crippen molar-refractivity contribution in [1.29, 1.82) is 0 Å². The molecule has 2 unspecified atom stereocenters. The number of hydrogen-bond donors (Lipinski definition) is 0. The maximum atomic E-state index is 6.69.